The van der Waals surface area contributed by atoms with Crippen LogP contribution in [0.4, 0.5) is 5.13 Å². The van der Waals surface area contributed by atoms with E-state index in [9.17, 15) is 14.4 Å². The lowest BCUT2D eigenvalue weighted by Crippen LogP contribution is -2.18. The van der Waals surface area contributed by atoms with Gasteiger partial charge in [-0.1, -0.05) is 6.07 Å². The molecule has 0 radical (unpaired) electrons. The molecule has 104 valence electrons. The number of amides is 1. The zero-order valence-electron chi connectivity index (χ0n) is 10.4. The summed E-state index contributed by atoms with van der Waals surface area (Å²) in [6.07, 6.45) is 0. The monoisotopic (exact) mass is 310 g/mol. The fourth-order valence-corrected chi connectivity index (χ4v) is 2.61. The number of carbonyl (C=O) groups is 3. The summed E-state index contributed by atoms with van der Waals surface area (Å²) in [7, 11) is 0. The molecule has 0 aromatic carbocycles. The number of rotatable bonds is 5. The molecular formula is C12H10N2O4S2. The highest BCUT2D eigenvalue weighted by Gasteiger charge is 2.21. The number of hydrogen-bond acceptors (Lipinski definition) is 7. The van der Waals surface area contributed by atoms with Crippen LogP contribution in [-0.2, 0) is 9.53 Å². The third-order valence-corrected chi connectivity index (χ3v) is 3.79. The Hall–Kier alpha value is -2.06. The van der Waals surface area contributed by atoms with Gasteiger partial charge in [0.05, 0.1) is 11.5 Å². The maximum atomic E-state index is 11.8. The highest BCUT2D eigenvalue weighted by Crippen LogP contribution is 2.18. The number of nitrogens with one attached hydrogen (secondary N) is 1. The molecular weight excluding hydrogens is 300 g/mol. The van der Waals surface area contributed by atoms with Crippen LogP contribution in [0.15, 0.2) is 22.9 Å². The second-order valence-corrected chi connectivity index (χ2v) is 5.32. The first-order valence-corrected chi connectivity index (χ1v) is 7.39. The van der Waals surface area contributed by atoms with Crippen LogP contribution < -0.4 is 5.32 Å². The molecule has 0 saturated heterocycles. The van der Waals surface area contributed by atoms with E-state index in [2.05, 4.69) is 15.0 Å². The number of esters is 1. The molecule has 0 fully saturated rings. The summed E-state index contributed by atoms with van der Waals surface area (Å²) in [4.78, 5) is 39.1. The summed E-state index contributed by atoms with van der Waals surface area (Å²) in [6, 6.07) is 3.44. The Morgan fingerprint density at radius 3 is 2.80 bits per heavy atom. The van der Waals surface area contributed by atoms with Gasteiger partial charge in [0.25, 0.3) is 11.7 Å². The predicted molar refractivity (Wildman–Crippen MR) is 75.3 cm³/mol. The topological polar surface area (TPSA) is 85.4 Å². The Kier molecular flexibility index (Phi) is 4.59. The van der Waals surface area contributed by atoms with Crippen molar-refractivity contribution in [3.05, 3.63) is 33.5 Å². The highest BCUT2D eigenvalue weighted by atomic mass is 32.1. The minimum Gasteiger partial charge on any atom is -0.460 e. The van der Waals surface area contributed by atoms with Crippen LogP contribution in [0.1, 0.15) is 27.1 Å². The third-order valence-electron chi connectivity index (χ3n) is 2.16. The molecule has 8 heteroatoms. The number of thiophene rings is 1. The molecule has 0 unspecified atom stereocenters. The van der Waals surface area contributed by atoms with Crippen molar-refractivity contribution in [2.45, 2.75) is 6.92 Å². The molecule has 6 nitrogen and oxygen atoms in total. The van der Waals surface area contributed by atoms with Gasteiger partial charge in [0.1, 0.15) is 5.69 Å². The molecule has 1 N–H and O–H groups in total. The normalized spacial score (nSPS) is 10.1. The molecule has 2 aromatic heterocycles. The summed E-state index contributed by atoms with van der Waals surface area (Å²) in [6.45, 7) is 1.73. The largest absolute Gasteiger partial charge is 0.460 e. The molecule has 0 spiro atoms. The van der Waals surface area contributed by atoms with E-state index in [1.54, 1.807) is 24.4 Å². The van der Waals surface area contributed by atoms with Crippen molar-refractivity contribution >= 4 is 45.5 Å². The summed E-state index contributed by atoms with van der Waals surface area (Å²) >= 11 is 2.37. The summed E-state index contributed by atoms with van der Waals surface area (Å²) < 4.78 is 4.60. The first-order chi connectivity index (χ1) is 9.61. The Labute approximate surface area is 122 Å². The quantitative estimate of drug-likeness (QED) is 0.520. The number of ether oxygens (including phenoxy) is 1. The highest BCUT2D eigenvalue weighted by molar-refractivity contribution is 7.14. The SMILES string of the molecule is CCOC(=O)C(=O)c1csc(NC(=O)c2cccs2)n1. The van der Waals surface area contributed by atoms with Crippen LogP contribution in [0.2, 0.25) is 0 Å². The van der Waals surface area contributed by atoms with Crippen LogP contribution in [-0.4, -0.2) is 29.3 Å². The summed E-state index contributed by atoms with van der Waals surface area (Å²) in [5, 5.41) is 6.02. The van der Waals surface area contributed by atoms with Gasteiger partial charge < -0.3 is 4.74 Å². The van der Waals surface area contributed by atoms with E-state index in [4.69, 9.17) is 0 Å². The van der Waals surface area contributed by atoms with Gasteiger partial charge in [-0.15, -0.1) is 22.7 Å². The number of carbonyl (C=O) groups excluding carboxylic acids is 3. The van der Waals surface area contributed by atoms with Crippen LogP contribution in [0.25, 0.3) is 0 Å². The molecule has 0 aliphatic rings. The lowest BCUT2D eigenvalue weighted by molar-refractivity contribution is -0.137. The lowest BCUT2D eigenvalue weighted by Gasteiger charge is -1.98. The first kappa shape index (κ1) is 14.4. The number of Topliss-reactive ketones (excluding diaryl/α,β-unsaturated/α-hetero) is 1. The van der Waals surface area contributed by atoms with Crippen molar-refractivity contribution in [3.8, 4) is 0 Å². The third kappa shape index (κ3) is 3.28. The second kappa shape index (κ2) is 6.40. The summed E-state index contributed by atoms with van der Waals surface area (Å²) in [5.41, 5.74) is -0.0325. The van der Waals surface area contributed by atoms with Gasteiger partial charge >= 0.3 is 5.97 Å². The van der Waals surface area contributed by atoms with Crippen LogP contribution in [0.3, 0.4) is 0 Å². The van der Waals surface area contributed by atoms with Crippen LogP contribution in [0, 0.1) is 0 Å². The average Bonchev–Trinajstić information content (AvgIpc) is 3.09. The Balaban J connectivity index is 2.04. The van der Waals surface area contributed by atoms with Gasteiger partial charge in [-0.25, -0.2) is 9.78 Å². The Bertz CT molecular complexity index is 634. The van der Waals surface area contributed by atoms with E-state index >= 15 is 0 Å². The summed E-state index contributed by atoms with van der Waals surface area (Å²) in [5.74, 6) is -2.07. The minimum atomic E-state index is -0.950. The number of anilines is 1. The smallest absolute Gasteiger partial charge is 0.381 e. The van der Waals surface area contributed by atoms with E-state index < -0.39 is 11.8 Å². The zero-order chi connectivity index (χ0) is 14.5. The molecule has 0 atom stereocenters. The maximum absolute atomic E-state index is 11.8. The van der Waals surface area contributed by atoms with Crippen LogP contribution in [0.5, 0.6) is 0 Å². The molecule has 0 aliphatic heterocycles. The van der Waals surface area contributed by atoms with Gasteiger partial charge in [0, 0.05) is 5.38 Å². The van der Waals surface area contributed by atoms with Crippen molar-refractivity contribution in [2.75, 3.05) is 11.9 Å². The predicted octanol–water partition coefficient (Wildman–Crippen LogP) is 2.20. The van der Waals surface area contributed by atoms with E-state index in [0.717, 1.165) is 11.3 Å². The van der Waals surface area contributed by atoms with E-state index in [1.165, 1.54) is 16.7 Å². The molecule has 2 aromatic rings. The lowest BCUT2D eigenvalue weighted by atomic mass is 10.3. The molecule has 1 amide bonds. The average molecular weight is 310 g/mol. The molecule has 20 heavy (non-hydrogen) atoms. The minimum absolute atomic E-state index is 0.0325. The van der Waals surface area contributed by atoms with Crippen molar-refractivity contribution in [3.63, 3.8) is 0 Å². The van der Waals surface area contributed by atoms with Gasteiger partial charge in [-0.05, 0) is 18.4 Å². The number of thiazole rings is 1. The number of nitrogens with zero attached hydrogens (tertiary/aromatic N) is 1. The standard InChI is InChI=1S/C12H10N2O4S2/c1-2-18-11(17)9(15)7-6-20-12(13-7)14-10(16)8-4-3-5-19-8/h3-6H,2H2,1H3,(H,13,14,16). The Morgan fingerprint density at radius 2 is 2.15 bits per heavy atom. The molecule has 0 bridgehead atoms. The Morgan fingerprint density at radius 1 is 1.35 bits per heavy atom. The number of aromatic nitrogens is 1. The number of ketones is 1. The van der Waals surface area contributed by atoms with Gasteiger partial charge in [0.2, 0.25) is 0 Å². The van der Waals surface area contributed by atoms with E-state index in [-0.39, 0.29) is 23.3 Å². The van der Waals surface area contributed by atoms with Gasteiger partial charge in [0.15, 0.2) is 5.13 Å². The van der Waals surface area contributed by atoms with E-state index in [0.29, 0.717) is 4.88 Å². The number of hydrogen-bond donors (Lipinski definition) is 1. The van der Waals surface area contributed by atoms with Crippen molar-refractivity contribution < 1.29 is 19.1 Å². The maximum Gasteiger partial charge on any atom is 0.381 e. The van der Waals surface area contributed by atoms with Crippen molar-refractivity contribution in [1.82, 2.24) is 4.98 Å². The fraction of sp³-hybridized carbons (Fsp3) is 0.167. The molecule has 0 aliphatic carbocycles. The van der Waals surface area contributed by atoms with Crippen LogP contribution >= 0.6 is 22.7 Å². The van der Waals surface area contributed by atoms with E-state index in [1.807, 2.05) is 0 Å². The second-order valence-electron chi connectivity index (χ2n) is 3.52. The van der Waals surface area contributed by atoms with Crippen molar-refractivity contribution in [2.24, 2.45) is 0 Å². The van der Waals surface area contributed by atoms with Gasteiger partial charge in [-0.3, -0.25) is 14.9 Å². The molecule has 2 heterocycles. The van der Waals surface area contributed by atoms with Gasteiger partial charge in [-0.2, -0.15) is 0 Å². The fourth-order valence-electron chi connectivity index (χ4n) is 1.30. The molecule has 0 saturated carbocycles. The first-order valence-electron chi connectivity index (χ1n) is 5.63. The molecule has 2 rings (SSSR count). The zero-order valence-corrected chi connectivity index (χ0v) is 12.0. The van der Waals surface area contributed by atoms with Crippen molar-refractivity contribution in [1.29, 1.82) is 0 Å².